The van der Waals surface area contributed by atoms with E-state index in [9.17, 15) is 9.59 Å². The maximum absolute atomic E-state index is 13.2. The van der Waals surface area contributed by atoms with Gasteiger partial charge in [-0.15, -0.1) is 0 Å². The lowest BCUT2D eigenvalue weighted by atomic mass is 10.1. The summed E-state index contributed by atoms with van der Waals surface area (Å²) >= 11 is 0. The number of hydrogen-bond acceptors (Lipinski definition) is 5. The smallest absolute Gasteiger partial charge is 0.424 e. The first-order valence-corrected chi connectivity index (χ1v) is 10.3. The zero-order chi connectivity index (χ0) is 22.6. The highest BCUT2D eigenvalue weighted by Crippen LogP contribution is 2.35. The molecule has 1 aliphatic heterocycles. The monoisotopic (exact) mass is 434 g/mol. The largest absolute Gasteiger partial charge is 0.452 e. The van der Waals surface area contributed by atoms with Crippen molar-refractivity contribution in [3.05, 3.63) is 120 Å². The molecule has 0 saturated carbocycles. The van der Waals surface area contributed by atoms with E-state index in [4.69, 9.17) is 9.47 Å². The quantitative estimate of drug-likeness (QED) is 0.367. The number of rotatable bonds is 4. The van der Waals surface area contributed by atoms with Crippen molar-refractivity contribution in [3.8, 4) is 11.5 Å². The first-order chi connectivity index (χ1) is 16.2. The summed E-state index contributed by atoms with van der Waals surface area (Å²) in [6, 6.07) is 26.8. The van der Waals surface area contributed by atoms with E-state index in [0.717, 1.165) is 5.56 Å². The molecule has 0 aliphatic carbocycles. The van der Waals surface area contributed by atoms with Gasteiger partial charge >= 0.3 is 6.09 Å². The second kappa shape index (κ2) is 8.80. The minimum absolute atomic E-state index is 0.191. The number of fused-ring (bicyclic) bond motifs is 1. The summed E-state index contributed by atoms with van der Waals surface area (Å²) in [6.45, 7) is 0. The van der Waals surface area contributed by atoms with Crippen LogP contribution in [0.5, 0.6) is 11.5 Å². The van der Waals surface area contributed by atoms with Gasteiger partial charge in [-0.25, -0.2) is 9.69 Å². The van der Waals surface area contributed by atoms with Crippen molar-refractivity contribution in [2.45, 2.75) is 0 Å². The number of carbonyl (C=O) groups is 2. The Balaban J connectivity index is 1.40. The van der Waals surface area contributed by atoms with Crippen LogP contribution in [0.1, 0.15) is 15.9 Å². The summed E-state index contributed by atoms with van der Waals surface area (Å²) in [6.07, 6.45) is 4.35. The lowest BCUT2D eigenvalue weighted by Gasteiger charge is -2.22. The van der Waals surface area contributed by atoms with E-state index in [2.05, 4.69) is 4.98 Å². The number of nitrogens with zero attached hydrogens (tertiary/aromatic N) is 2. The molecule has 160 valence electrons. The van der Waals surface area contributed by atoms with Crippen molar-refractivity contribution < 1.29 is 19.1 Å². The summed E-state index contributed by atoms with van der Waals surface area (Å²) in [5.74, 6) is 0.566. The highest BCUT2D eigenvalue weighted by Gasteiger charge is 2.28. The molecule has 0 unspecified atom stereocenters. The van der Waals surface area contributed by atoms with Crippen LogP contribution in [-0.2, 0) is 0 Å². The summed E-state index contributed by atoms with van der Waals surface area (Å²) in [5.41, 5.74) is 2.50. The molecule has 5 rings (SSSR count). The average Bonchev–Trinajstić information content (AvgIpc) is 3.15. The van der Waals surface area contributed by atoms with E-state index in [-0.39, 0.29) is 17.3 Å². The summed E-state index contributed by atoms with van der Waals surface area (Å²) < 4.78 is 11.4. The number of aromatic nitrogens is 1. The Morgan fingerprint density at radius 2 is 1.58 bits per heavy atom. The Bertz CT molecular complexity index is 1300. The van der Waals surface area contributed by atoms with Crippen LogP contribution in [0.3, 0.4) is 0 Å². The Morgan fingerprint density at radius 1 is 0.879 bits per heavy atom. The van der Waals surface area contributed by atoms with Crippen LogP contribution < -0.4 is 14.4 Å². The van der Waals surface area contributed by atoms with Gasteiger partial charge < -0.3 is 9.47 Å². The lowest BCUT2D eigenvalue weighted by Crippen LogP contribution is -2.29. The number of hydrogen-bond donors (Lipinski definition) is 0. The van der Waals surface area contributed by atoms with Crippen molar-refractivity contribution in [1.82, 2.24) is 4.98 Å². The highest BCUT2D eigenvalue weighted by atomic mass is 16.6. The normalized spacial score (nSPS) is 13.3. The molecule has 1 amide bonds. The fourth-order valence-corrected chi connectivity index (χ4v) is 3.50. The Labute approximate surface area is 190 Å². The molecule has 0 fully saturated rings. The molecule has 0 saturated heterocycles. The average molecular weight is 434 g/mol. The fourth-order valence-electron chi connectivity index (χ4n) is 3.50. The first kappa shape index (κ1) is 20.2. The molecule has 0 atom stereocenters. The summed E-state index contributed by atoms with van der Waals surface area (Å²) in [4.78, 5) is 31.4. The van der Waals surface area contributed by atoms with Crippen LogP contribution in [0.25, 0.3) is 6.08 Å². The van der Waals surface area contributed by atoms with E-state index in [0.29, 0.717) is 22.7 Å². The summed E-state index contributed by atoms with van der Waals surface area (Å²) in [7, 11) is 0. The number of anilines is 2. The minimum atomic E-state index is -0.581. The van der Waals surface area contributed by atoms with Gasteiger partial charge in [-0.2, -0.15) is 0 Å². The molecule has 0 radical (unpaired) electrons. The van der Waals surface area contributed by atoms with E-state index in [1.165, 1.54) is 4.90 Å². The SMILES string of the molecule is O=C1/C(=C\c2cccnc2)Oc2cc(OC(=O)N(c3ccccc3)c3ccccc3)ccc21. The number of amides is 1. The number of ether oxygens (including phenoxy) is 2. The van der Waals surface area contributed by atoms with E-state index >= 15 is 0 Å². The number of carbonyl (C=O) groups excluding carboxylic acids is 2. The first-order valence-electron chi connectivity index (χ1n) is 10.3. The number of pyridine rings is 1. The van der Waals surface area contributed by atoms with E-state index < -0.39 is 6.09 Å². The second-order valence-electron chi connectivity index (χ2n) is 7.26. The van der Waals surface area contributed by atoms with Gasteiger partial charge in [0.25, 0.3) is 0 Å². The third kappa shape index (κ3) is 4.22. The van der Waals surface area contributed by atoms with Crippen LogP contribution >= 0.6 is 0 Å². The molecule has 0 N–H and O–H groups in total. The molecule has 0 bridgehead atoms. The lowest BCUT2D eigenvalue weighted by molar-refractivity contribution is 0.101. The Hall–Kier alpha value is -4.71. The van der Waals surface area contributed by atoms with Crippen LogP contribution in [0.4, 0.5) is 16.2 Å². The predicted octanol–water partition coefficient (Wildman–Crippen LogP) is 6.03. The zero-order valence-corrected chi connectivity index (χ0v) is 17.4. The van der Waals surface area contributed by atoms with Crippen LogP contribution in [0, 0.1) is 0 Å². The molecule has 3 aromatic carbocycles. The van der Waals surface area contributed by atoms with E-state index in [1.54, 1.807) is 42.7 Å². The van der Waals surface area contributed by atoms with Gasteiger partial charge in [0, 0.05) is 18.5 Å². The third-order valence-electron chi connectivity index (χ3n) is 5.04. The molecule has 0 spiro atoms. The van der Waals surface area contributed by atoms with Crippen molar-refractivity contribution in [3.63, 3.8) is 0 Å². The van der Waals surface area contributed by atoms with Gasteiger partial charge in [0.05, 0.1) is 16.9 Å². The zero-order valence-electron chi connectivity index (χ0n) is 17.4. The van der Waals surface area contributed by atoms with Crippen molar-refractivity contribution >= 4 is 29.3 Å². The van der Waals surface area contributed by atoms with Gasteiger partial charge in [-0.1, -0.05) is 42.5 Å². The van der Waals surface area contributed by atoms with Crippen molar-refractivity contribution in [1.29, 1.82) is 0 Å². The van der Waals surface area contributed by atoms with Crippen molar-refractivity contribution in [2.24, 2.45) is 0 Å². The van der Waals surface area contributed by atoms with Gasteiger partial charge in [0.15, 0.2) is 5.76 Å². The second-order valence-corrected chi connectivity index (χ2v) is 7.26. The Kier molecular flexibility index (Phi) is 5.39. The van der Waals surface area contributed by atoms with Crippen LogP contribution in [-0.4, -0.2) is 16.9 Å². The number of ketones is 1. The molecule has 33 heavy (non-hydrogen) atoms. The number of benzene rings is 3. The number of para-hydroxylation sites is 2. The van der Waals surface area contributed by atoms with Gasteiger partial charge in [0.2, 0.25) is 5.78 Å². The highest BCUT2D eigenvalue weighted by molar-refractivity contribution is 6.14. The molecule has 6 nitrogen and oxygen atoms in total. The molecular formula is C27H18N2O4. The standard InChI is InChI=1S/C27H18N2O4/c30-26-23-14-13-22(17-24(23)33-25(26)16-19-8-7-15-28-18-19)32-27(31)29(20-9-3-1-4-10-20)21-11-5-2-6-12-21/h1-18H/b25-16+. The molecule has 1 aromatic heterocycles. The molecule has 2 heterocycles. The summed E-state index contributed by atoms with van der Waals surface area (Å²) in [5, 5.41) is 0. The maximum Gasteiger partial charge on any atom is 0.424 e. The predicted molar refractivity (Wildman–Crippen MR) is 125 cm³/mol. The van der Waals surface area contributed by atoms with Crippen molar-refractivity contribution in [2.75, 3.05) is 4.90 Å². The maximum atomic E-state index is 13.2. The van der Waals surface area contributed by atoms with Crippen LogP contribution in [0.15, 0.2) is 109 Å². The Morgan fingerprint density at radius 3 is 2.21 bits per heavy atom. The molecule has 1 aliphatic rings. The molecular weight excluding hydrogens is 416 g/mol. The van der Waals surface area contributed by atoms with E-state index in [1.807, 2.05) is 66.7 Å². The van der Waals surface area contributed by atoms with Gasteiger partial charge in [-0.05, 0) is 54.1 Å². The van der Waals surface area contributed by atoms with Crippen LogP contribution in [0.2, 0.25) is 0 Å². The fraction of sp³-hybridized carbons (Fsp3) is 0. The minimum Gasteiger partial charge on any atom is -0.452 e. The molecule has 4 aromatic rings. The number of Topliss-reactive ketones (excluding diaryl/α,β-unsaturated/α-hetero) is 1. The third-order valence-corrected chi connectivity index (χ3v) is 5.04. The number of allylic oxidation sites excluding steroid dienone is 1. The molecule has 6 heteroatoms. The van der Waals surface area contributed by atoms with Gasteiger partial charge in [-0.3, -0.25) is 9.78 Å². The topological polar surface area (TPSA) is 68.7 Å². The van der Waals surface area contributed by atoms with Gasteiger partial charge in [0.1, 0.15) is 11.5 Å².